The van der Waals surface area contributed by atoms with E-state index in [4.69, 9.17) is 0 Å². The molecule has 0 amide bonds. The van der Waals surface area contributed by atoms with Gasteiger partial charge in [0.1, 0.15) is 0 Å². The maximum Gasteiger partial charge on any atom is 0.163 e. The highest BCUT2D eigenvalue weighted by atomic mass is 32.2. The minimum absolute atomic E-state index is 0.222. The van der Waals surface area contributed by atoms with Crippen LogP contribution in [0, 0.1) is 13.8 Å². The summed E-state index contributed by atoms with van der Waals surface area (Å²) in [5, 5.41) is 0. The second-order valence-corrected chi connectivity index (χ2v) is 5.87. The summed E-state index contributed by atoms with van der Waals surface area (Å²) in [6.45, 7) is 4.11. The van der Waals surface area contributed by atoms with Gasteiger partial charge in [-0.15, -0.1) is 11.8 Å². The van der Waals surface area contributed by atoms with Crippen LogP contribution in [0.2, 0.25) is 0 Å². The number of carbonyl (C=O) groups excluding carboxylic acids is 1. The maximum atomic E-state index is 12.0. The predicted molar refractivity (Wildman–Crippen MR) is 82.0 cm³/mol. The Morgan fingerprint density at radius 3 is 2.00 bits per heavy atom. The molecule has 2 rings (SSSR count). The fourth-order valence-corrected chi connectivity index (χ4v) is 2.63. The summed E-state index contributed by atoms with van der Waals surface area (Å²) in [4.78, 5) is 13.2. The molecule has 0 unspecified atom stereocenters. The summed E-state index contributed by atoms with van der Waals surface area (Å²) in [6, 6.07) is 16.2. The molecule has 0 radical (unpaired) electrons. The van der Waals surface area contributed by atoms with Gasteiger partial charge in [-0.1, -0.05) is 47.5 Å². The van der Waals surface area contributed by atoms with Gasteiger partial charge in [0.25, 0.3) is 0 Å². The number of thioether (sulfide) groups is 1. The van der Waals surface area contributed by atoms with Gasteiger partial charge in [-0.05, 0) is 26.0 Å². The van der Waals surface area contributed by atoms with Crippen LogP contribution in [0.5, 0.6) is 0 Å². The summed E-state index contributed by atoms with van der Waals surface area (Å²) >= 11 is 1.73. The SMILES string of the molecule is Cc1ccc(SCCC(=O)c2ccc(C)cc2)cc1. The fraction of sp³-hybridized carbons (Fsp3) is 0.235. The van der Waals surface area contributed by atoms with Crippen LogP contribution < -0.4 is 0 Å². The number of hydrogen-bond donors (Lipinski definition) is 0. The van der Waals surface area contributed by atoms with Crippen LogP contribution in [0.3, 0.4) is 0 Å². The van der Waals surface area contributed by atoms with Crippen molar-refractivity contribution >= 4 is 17.5 Å². The zero-order valence-corrected chi connectivity index (χ0v) is 12.2. The molecule has 0 fully saturated rings. The number of aryl methyl sites for hydroxylation is 2. The van der Waals surface area contributed by atoms with E-state index >= 15 is 0 Å². The number of hydrogen-bond acceptors (Lipinski definition) is 2. The van der Waals surface area contributed by atoms with Crippen LogP contribution in [0.4, 0.5) is 0 Å². The van der Waals surface area contributed by atoms with Crippen LogP contribution in [0.25, 0.3) is 0 Å². The Labute approximate surface area is 119 Å². The van der Waals surface area contributed by atoms with Gasteiger partial charge >= 0.3 is 0 Å². The lowest BCUT2D eigenvalue weighted by Gasteiger charge is -2.03. The lowest BCUT2D eigenvalue weighted by Crippen LogP contribution is -2.00. The minimum atomic E-state index is 0.222. The average Bonchev–Trinajstić information content (AvgIpc) is 2.41. The van der Waals surface area contributed by atoms with E-state index in [-0.39, 0.29) is 5.78 Å². The smallest absolute Gasteiger partial charge is 0.163 e. The Morgan fingerprint density at radius 2 is 1.42 bits per heavy atom. The molecule has 0 saturated heterocycles. The van der Waals surface area contributed by atoms with Gasteiger partial charge in [-0.2, -0.15) is 0 Å². The molecule has 0 saturated carbocycles. The molecular weight excluding hydrogens is 252 g/mol. The normalized spacial score (nSPS) is 10.4. The van der Waals surface area contributed by atoms with E-state index in [9.17, 15) is 4.79 Å². The van der Waals surface area contributed by atoms with Crippen molar-refractivity contribution in [2.45, 2.75) is 25.2 Å². The van der Waals surface area contributed by atoms with Gasteiger partial charge in [0, 0.05) is 22.6 Å². The molecule has 0 bridgehead atoms. The Balaban J connectivity index is 1.84. The number of benzene rings is 2. The van der Waals surface area contributed by atoms with E-state index < -0.39 is 0 Å². The number of carbonyl (C=O) groups is 1. The Kier molecular flexibility index (Phi) is 4.80. The third-order valence-corrected chi connectivity index (χ3v) is 4.01. The van der Waals surface area contributed by atoms with Crippen molar-refractivity contribution in [3.05, 3.63) is 65.2 Å². The zero-order valence-electron chi connectivity index (χ0n) is 11.3. The summed E-state index contributed by atoms with van der Waals surface area (Å²) in [6.07, 6.45) is 0.585. The molecule has 1 nitrogen and oxygen atoms in total. The molecule has 2 heteroatoms. The highest BCUT2D eigenvalue weighted by Gasteiger charge is 2.05. The van der Waals surface area contributed by atoms with Gasteiger partial charge in [-0.3, -0.25) is 4.79 Å². The van der Waals surface area contributed by atoms with E-state index in [2.05, 4.69) is 31.2 Å². The first-order valence-corrected chi connectivity index (χ1v) is 7.43. The summed E-state index contributed by atoms with van der Waals surface area (Å²) in [5.41, 5.74) is 3.26. The number of rotatable bonds is 5. The fourth-order valence-electron chi connectivity index (χ4n) is 1.78. The van der Waals surface area contributed by atoms with E-state index in [1.54, 1.807) is 11.8 Å². The molecule has 2 aromatic rings. The third kappa shape index (κ3) is 4.25. The number of Topliss-reactive ketones (excluding diaryl/α,β-unsaturated/α-hetero) is 1. The van der Waals surface area contributed by atoms with Crippen molar-refractivity contribution in [2.75, 3.05) is 5.75 Å². The Bertz CT molecular complexity index is 540. The topological polar surface area (TPSA) is 17.1 Å². The van der Waals surface area contributed by atoms with Crippen molar-refractivity contribution in [1.29, 1.82) is 0 Å². The molecule has 19 heavy (non-hydrogen) atoms. The van der Waals surface area contributed by atoms with E-state index in [0.29, 0.717) is 6.42 Å². The van der Waals surface area contributed by atoms with Gasteiger partial charge in [0.2, 0.25) is 0 Å². The lowest BCUT2D eigenvalue weighted by molar-refractivity contribution is 0.0989. The lowest BCUT2D eigenvalue weighted by atomic mass is 10.1. The third-order valence-electron chi connectivity index (χ3n) is 2.99. The molecule has 0 heterocycles. The van der Waals surface area contributed by atoms with Gasteiger partial charge < -0.3 is 0 Å². The van der Waals surface area contributed by atoms with Crippen LogP contribution in [0.1, 0.15) is 27.9 Å². The molecule has 2 aromatic carbocycles. The Hall–Kier alpha value is -1.54. The van der Waals surface area contributed by atoms with Crippen molar-refractivity contribution in [3.8, 4) is 0 Å². The van der Waals surface area contributed by atoms with Gasteiger partial charge in [0.15, 0.2) is 5.78 Å². The van der Waals surface area contributed by atoms with E-state index in [1.165, 1.54) is 16.0 Å². The standard InChI is InChI=1S/C17H18OS/c1-13-3-7-15(8-4-13)17(18)11-12-19-16-9-5-14(2)6-10-16/h3-10H,11-12H2,1-2H3. The highest BCUT2D eigenvalue weighted by Crippen LogP contribution is 2.20. The molecule has 98 valence electrons. The quantitative estimate of drug-likeness (QED) is 0.580. The first kappa shape index (κ1) is 13.9. The minimum Gasteiger partial charge on any atom is -0.294 e. The zero-order chi connectivity index (χ0) is 13.7. The average molecular weight is 270 g/mol. The van der Waals surface area contributed by atoms with Crippen molar-refractivity contribution in [2.24, 2.45) is 0 Å². The van der Waals surface area contributed by atoms with Crippen molar-refractivity contribution < 1.29 is 4.79 Å². The monoisotopic (exact) mass is 270 g/mol. The first-order valence-electron chi connectivity index (χ1n) is 6.44. The van der Waals surface area contributed by atoms with Crippen LogP contribution in [-0.4, -0.2) is 11.5 Å². The van der Waals surface area contributed by atoms with Gasteiger partial charge in [0.05, 0.1) is 0 Å². The largest absolute Gasteiger partial charge is 0.294 e. The summed E-state index contributed by atoms with van der Waals surface area (Å²) < 4.78 is 0. The molecule has 0 atom stereocenters. The van der Waals surface area contributed by atoms with Crippen LogP contribution in [-0.2, 0) is 0 Å². The maximum absolute atomic E-state index is 12.0. The highest BCUT2D eigenvalue weighted by molar-refractivity contribution is 7.99. The number of ketones is 1. The molecule has 0 aromatic heterocycles. The van der Waals surface area contributed by atoms with Crippen LogP contribution >= 0.6 is 11.8 Å². The van der Waals surface area contributed by atoms with Gasteiger partial charge in [-0.25, -0.2) is 0 Å². The Morgan fingerprint density at radius 1 is 0.895 bits per heavy atom. The molecule has 0 aliphatic rings. The summed E-state index contributed by atoms with van der Waals surface area (Å²) in [7, 11) is 0. The van der Waals surface area contributed by atoms with Crippen molar-refractivity contribution in [3.63, 3.8) is 0 Å². The van der Waals surface area contributed by atoms with E-state index in [1.807, 2.05) is 31.2 Å². The first-order chi connectivity index (χ1) is 9.15. The second-order valence-electron chi connectivity index (χ2n) is 4.70. The van der Waals surface area contributed by atoms with E-state index in [0.717, 1.165) is 11.3 Å². The summed E-state index contributed by atoms with van der Waals surface area (Å²) in [5.74, 6) is 1.05. The molecular formula is C17H18OS. The molecule has 0 spiro atoms. The molecule has 0 N–H and O–H groups in total. The molecule has 0 aliphatic carbocycles. The second kappa shape index (κ2) is 6.58. The van der Waals surface area contributed by atoms with Crippen molar-refractivity contribution in [1.82, 2.24) is 0 Å². The predicted octanol–water partition coefficient (Wildman–Crippen LogP) is 4.67. The van der Waals surface area contributed by atoms with Crippen LogP contribution in [0.15, 0.2) is 53.4 Å². The molecule has 0 aliphatic heterocycles.